The quantitative estimate of drug-likeness (QED) is 0.731. The summed E-state index contributed by atoms with van der Waals surface area (Å²) in [6.45, 7) is 0. The van der Waals surface area contributed by atoms with Crippen LogP contribution in [0.15, 0.2) is 48.5 Å². The minimum atomic E-state index is -4.50. The number of benzene rings is 2. The predicted molar refractivity (Wildman–Crippen MR) is 84.7 cm³/mol. The molecule has 0 bridgehead atoms. The van der Waals surface area contributed by atoms with Crippen LogP contribution in [-0.2, 0) is 6.18 Å². The summed E-state index contributed by atoms with van der Waals surface area (Å²) in [6, 6.07) is 10.6. The van der Waals surface area contributed by atoms with E-state index in [-0.39, 0.29) is 16.4 Å². The van der Waals surface area contributed by atoms with E-state index in [4.69, 9.17) is 17.3 Å². The molecular formula is C15H11F3N2O2S. The van der Waals surface area contributed by atoms with Crippen molar-refractivity contribution in [2.24, 2.45) is 0 Å². The van der Waals surface area contributed by atoms with Crippen LogP contribution in [0.2, 0.25) is 0 Å². The van der Waals surface area contributed by atoms with Crippen LogP contribution < -0.4 is 10.6 Å². The number of carboxylic acid groups (broad SMARTS) is 1. The molecule has 0 aliphatic carbocycles. The second kappa shape index (κ2) is 6.66. The highest BCUT2D eigenvalue weighted by atomic mass is 32.1. The van der Waals surface area contributed by atoms with Crippen LogP contribution in [0.4, 0.5) is 24.5 Å². The van der Waals surface area contributed by atoms with Crippen LogP contribution in [-0.4, -0.2) is 16.2 Å². The standard InChI is InChI=1S/C15H11F3N2O2S/c16-15(17,18)11-3-1-2-4-12(11)20-14(23)19-10-7-5-9(6-8-10)13(21)22/h1-8H,(H,21,22)(H2,19,20,23). The SMILES string of the molecule is O=C(O)c1ccc(NC(=S)Nc2ccccc2C(F)(F)F)cc1. The van der Waals surface area contributed by atoms with E-state index in [0.29, 0.717) is 5.69 Å². The molecule has 2 aromatic rings. The Bertz CT molecular complexity index is 730. The Morgan fingerprint density at radius 3 is 2.17 bits per heavy atom. The molecule has 0 fully saturated rings. The number of hydrogen-bond acceptors (Lipinski definition) is 2. The van der Waals surface area contributed by atoms with Crippen molar-refractivity contribution in [2.75, 3.05) is 10.6 Å². The third kappa shape index (κ3) is 4.43. The molecule has 0 heterocycles. The second-order valence-corrected chi connectivity index (χ2v) is 4.91. The number of nitrogens with one attached hydrogen (secondary N) is 2. The minimum absolute atomic E-state index is 0.0372. The maximum absolute atomic E-state index is 12.9. The van der Waals surface area contributed by atoms with Crippen molar-refractivity contribution in [3.63, 3.8) is 0 Å². The van der Waals surface area contributed by atoms with E-state index in [1.807, 2.05) is 0 Å². The Morgan fingerprint density at radius 1 is 1.00 bits per heavy atom. The first-order valence-electron chi connectivity index (χ1n) is 6.35. The van der Waals surface area contributed by atoms with E-state index in [0.717, 1.165) is 6.07 Å². The zero-order chi connectivity index (χ0) is 17.0. The van der Waals surface area contributed by atoms with Gasteiger partial charge in [-0.25, -0.2) is 4.79 Å². The van der Waals surface area contributed by atoms with Crippen molar-refractivity contribution in [3.8, 4) is 0 Å². The van der Waals surface area contributed by atoms with Crippen LogP contribution in [0.3, 0.4) is 0 Å². The van der Waals surface area contributed by atoms with Crippen LogP contribution >= 0.6 is 12.2 Å². The molecule has 120 valence electrons. The van der Waals surface area contributed by atoms with E-state index < -0.39 is 17.7 Å². The smallest absolute Gasteiger partial charge is 0.418 e. The number of halogens is 3. The fourth-order valence-electron chi connectivity index (χ4n) is 1.82. The number of aromatic carboxylic acids is 1. The fraction of sp³-hybridized carbons (Fsp3) is 0.0667. The molecule has 0 unspecified atom stereocenters. The lowest BCUT2D eigenvalue weighted by Gasteiger charge is -2.15. The summed E-state index contributed by atoms with van der Waals surface area (Å²) in [5.74, 6) is -1.07. The van der Waals surface area contributed by atoms with Crippen molar-refractivity contribution in [2.45, 2.75) is 6.18 Å². The Labute approximate surface area is 134 Å². The molecule has 0 radical (unpaired) electrons. The summed E-state index contributed by atoms with van der Waals surface area (Å²) in [4.78, 5) is 10.7. The van der Waals surface area contributed by atoms with E-state index in [2.05, 4.69) is 10.6 Å². The number of thiocarbonyl (C=S) groups is 1. The third-order valence-corrected chi connectivity index (χ3v) is 3.07. The number of carbonyl (C=O) groups is 1. The maximum Gasteiger partial charge on any atom is 0.418 e. The number of alkyl halides is 3. The van der Waals surface area contributed by atoms with Gasteiger partial charge in [0, 0.05) is 5.69 Å². The monoisotopic (exact) mass is 340 g/mol. The van der Waals surface area contributed by atoms with Crippen LogP contribution in [0.5, 0.6) is 0 Å². The number of rotatable bonds is 3. The van der Waals surface area contributed by atoms with Gasteiger partial charge < -0.3 is 15.7 Å². The lowest BCUT2D eigenvalue weighted by Crippen LogP contribution is -2.21. The molecule has 0 aromatic heterocycles. The Balaban J connectivity index is 2.10. The van der Waals surface area contributed by atoms with Crippen molar-refractivity contribution in [3.05, 3.63) is 59.7 Å². The molecule has 0 amide bonds. The van der Waals surface area contributed by atoms with Gasteiger partial charge in [-0.15, -0.1) is 0 Å². The summed E-state index contributed by atoms with van der Waals surface area (Å²) in [5.41, 5.74) is -0.445. The van der Waals surface area contributed by atoms with Gasteiger partial charge >= 0.3 is 12.1 Å². The van der Waals surface area contributed by atoms with Gasteiger partial charge in [0.05, 0.1) is 16.8 Å². The van der Waals surface area contributed by atoms with Crippen LogP contribution in [0.1, 0.15) is 15.9 Å². The molecular weight excluding hydrogens is 329 g/mol. The average Bonchev–Trinajstić information content (AvgIpc) is 2.47. The Kier molecular flexibility index (Phi) is 4.85. The molecule has 0 saturated heterocycles. The van der Waals surface area contributed by atoms with Gasteiger partial charge in [-0.05, 0) is 48.6 Å². The van der Waals surface area contributed by atoms with Crippen LogP contribution in [0, 0.1) is 0 Å². The van der Waals surface area contributed by atoms with E-state index in [9.17, 15) is 18.0 Å². The summed E-state index contributed by atoms with van der Waals surface area (Å²) in [6.07, 6.45) is -4.50. The first-order valence-corrected chi connectivity index (χ1v) is 6.76. The van der Waals surface area contributed by atoms with Crippen molar-refractivity contribution in [1.82, 2.24) is 0 Å². The van der Waals surface area contributed by atoms with Gasteiger partial charge in [-0.2, -0.15) is 13.2 Å². The Morgan fingerprint density at radius 2 is 1.61 bits per heavy atom. The molecule has 2 aromatic carbocycles. The van der Waals surface area contributed by atoms with E-state index >= 15 is 0 Å². The summed E-state index contributed by atoms with van der Waals surface area (Å²) >= 11 is 4.98. The molecule has 4 nitrogen and oxygen atoms in total. The summed E-state index contributed by atoms with van der Waals surface area (Å²) < 4.78 is 38.7. The first kappa shape index (κ1) is 16.8. The highest BCUT2D eigenvalue weighted by molar-refractivity contribution is 7.80. The highest BCUT2D eigenvalue weighted by Crippen LogP contribution is 2.34. The second-order valence-electron chi connectivity index (χ2n) is 4.50. The van der Waals surface area contributed by atoms with E-state index in [1.54, 1.807) is 0 Å². The number of para-hydroxylation sites is 1. The predicted octanol–water partition coefficient (Wildman–Crippen LogP) is 4.21. The minimum Gasteiger partial charge on any atom is -0.478 e. The lowest BCUT2D eigenvalue weighted by atomic mass is 10.1. The van der Waals surface area contributed by atoms with Gasteiger partial charge in [-0.3, -0.25) is 0 Å². The number of hydrogen-bond donors (Lipinski definition) is 3. The summed E-state index contributed by atoms with van der Waals surface area (Å²) in [5, 5.41) is 13.9. The van der Waals surface area contributed by atoms with E-state index in [1.165, 1.54) is 42.5 Å². The fourth-order valence-corrected chi connectivity index (χ4v) is 2.05. The third-order valence-electron chi connectivity index (χ3n) is 2.87. The van der Waals surface area contributed by atoms with Gasteiger partial charge in [0.1, 0.15) is 0 Å². The van der Waals surface area contributed by atoms with Gasteiger partial charge in [0.15, 0.2) is 5.11 Å². The van der Waals surface area contributed by atoms with Gasteiger partial charge in [0.25, 0.3) is 0 Å². The normalized spacial score (nSPS) is 10.9. The van der Waals surface area contributed by atoms with Crippen molar-refractivity contribution < 1.29 is 23.1 Å². The molecule has 2 rings (SSSR count). The largest absolute Gasteiger partial charge is 0.478 e. The number of carboxylic acids is 1. The molecule has 0 atom stereocenters. The van der Waals surface area contributed by atoms with Crippen LogP contribution in [0.25, 0.3) is 0 Å². The average molecular weight is 340 g/mol. The lowest BCUT2D eigenvalue weighted by molar-refractivity contribution is -0.136. The number of anilines is 2. The molecule has 3 N–H and O–H groups in total. The van der Waals surface area contributed by atoms with Gasteiger partial charge in [-0.1, -0.05) is 12.1 Å². The molecule has 0 spiro atoms. The van der Waals surface area contributed by atoms with Crippen molar-refractivity contribution in [1.29, 1.82) is 0 Å². The molecule has 0 aliphatic rings. The zero-order valence-electron chi connectivity index (χ0n) is 11.5. The van der Waals surface area contributed by atoms with Gasteiger partial charge in [0.2, 0.25) is 0 Å². The van der Waals surface area contributed by atoms with Crippen molar-refractivity contribution >= 4 is 34.7 Å². The molecule has 23 heavy (non-hydrogen) atoms. The molecule has 0 saturated carbocycles. The maximum atomic E-state index is 12.9. The topological polar surface area (TPSA) is 61.4 Å². The zero-order valence-corrected chi connectivity index (χ0v) is 12.3. The molecule has 0 aliphatic heterocycles. The Hall–Kier alpha value is -2.61. The first-order chi connectivity index (χ1) is 10.8. The molecule has 8 heteroatoms. The summed E-state index contributed by atoms with van der Waals surface area (Å²) in [7, 11) is 0. The highest BCUT2D eigenvalue weighted by Gasteiger charge is 2.33.